The molecule has 1 aromatic carbocycles. The molecule has 0 spiro atoms. The fourth-order valence-corrected chi connectivity index (χ4v) is 7.51. The van der Waals surface area contributed by atoms with E-state index in [4.69, 9.17) is 14.5 Å². The monoisotopic (exact) mass is 581 g/mol. The van der Waals surface area contributed by atoms with E-state index in [9.17, 15) is 14.4 Å². The van der Waals surface area contributed by atoms with Gasteiger partial charge in [0, 0.05) is 49.3 Å². The van der Waals surface area contributed by atoms with E-state index in [2.05, 4.69) is 27.5 Å². The number of ether oxygens (including phenoxy) is 2. The number of hydrogen-bond acceptors (Lipinski definition) is 9. The molecule has 4 fully saturated rings. The molecule has 3 aliphatic heterocycles. The molecule has 0 bridgehead atoms. The average Bonchev–Trinajstić information content (AvgIpc) is 3.72. The van der Waals surface area contributed by atoms with Crippen molar-refractivity contribution < 1.29 is 23.9 Å². The Kier molecular flexibility index (Phi) is 8.13. The van der Waals surface area contributed by atoms with Crippen LogP contribution in [0.3, 0.4) is 0 Å². The first-order chi connectivity index (χ1) is 19.9. The fraction of sp³-hybridized carbons (Fsp3) is 0.600. The number of likely N-dealkylation sites (tertiary alicyclic amines) is 1. The van der Waals surface area contributed by atoms with Crippen molar-refractivity contribution >= 4 is 34.1 Å². The summed E-state index contributed by atoms with van der Waals surface area (Å²) in [6.07, 6.45) is 3.00. The van der Waals surface area contributed by atoms with Crippen molar-refractivity contribution in [1.29, 1.82) is 0 Å². The molecule has 0 radical (unpaired) electrons. The van der Waals surface area contributed by atoms with E-state index < -0.39 is 17.7 Å². The number of aromatic nitrogens is 1. The van der Waals surface area contributed by atoms with Crippen LogP contribution in [0, 0.1) is 0 Å². The number of benzene rings is 1. The zero-order chi connectivity index (χ0) is 28.6. The van der Waals surface area contributed by atoms with Crippen LogP contribution in [0.4, 0.5) is 5.13 Å². The third-order valence-electron chi connectivity index (χ3n) is 8.96. The van der Waals surface area contributed by atoms with Gasteiger partial charge in [0.15, 0.2) is 10.9 Å². The number of carbonyl (C=O) groups is 3. The first-order valence-electron chi connectivity index (χ1n) is 14.8. The Morgan fingerprint density at radius 2 is 1.85 bits per heavy atom. The minimum Gasteiger partial charge on any atom is -0.374 e. The van der Waals surface area contributed by atoms with Gasteiger partial charge in [-0.3, -0.25) is 14.4 Å². The number of piperazine rings is 1. The predicted molar refractivity (Wildman–Crippen MR) is 156 cm³/mol. The number of carbonyl (C=O) groups excluding carboxylic acids is 3. The molecule has 220 valence electrons. The van der Waals surface area contributed by atoms with Gasteiger partial charge in [0.2, 0.25) is 5.91 Å². The first-order valence-corrected chi connectivity index (χ1v) is 15.7. The molecule has 2 amide bonds. The third kappa shape index (κ3) is 5.52. The molecule has 3 saturated heterocycles. The van der Waals surface area contributed by atoms with Crippen molar-refractivity contribution in [3.8, 4) is 11.3 Å². The summed E-state index contributed by atoms with van der Waals surface area (Å²) in [5, 5.41) is 6.21. The lowest BCUT2D eigenvalue weighted by molar-refractivity contribution is -0.143. The van der Waals surface area contributed by atoms with Gasteiger partial charge in [-0.25, -0.2) is 4.98 Å². The highest BCUT2D eigenvalue weighted by molar-refractivity contribution is 7.14. The van der Waals surface area contributed by atoms with Crippen molar-refractivity contribution in [2.24, 2.45) is 0 Å². The Balaban J connectivity index is 1.17. The van der Waals surface area contributed by atoms with E-state index >= 15 is 0 Å². The summed E-state index contributed by atoms with van der Waals surface area (Å²) in [7, 11) is 2.14. The standard InChI is InChI=1S/C30H39N5O5S/c1-3-39-24-17-35(25-23(36)18-40-26(24)25)28(38)30(11-5-4-6-12-30)32-27(37)21-9-7-20(8-10-21)22-19-41-29(31-22)34-15-13-33(2)14-16-34/h7-10,19,24-26H,3-6,11-18H2,1-2H3,(H,32,37)/t24-,25+,26-/m0/s1. The Morgan fingerprint density at radius 3 is 2.56 bits per heavy atom. The van der Waals surface area contributed by atoms with E-state index in [0.29, 0.717) is 31.6 Å². The molecule has 10 nitrogen and oxygen atoms in total. The number of anilines is 1. The number of nitrogens with zero attached hydrogens (tertiary/aromatic N) is 4. The minimum atomic E-state index is -1.05. The Labute approximate surface area is 245 Å². The molecule has 6 rings (SSSR count). The average molecular weight is 582 g/mol. The quantitative estimate of drug-likeness (QED) is 0.532. The van der Waals surface area contributed by atoms with Gasteiger partial charge in [-0.15, -0.1) is 11.3 Å². The summed E-state index contributed by atoms with van der Waals surface area (Å²) in [6, 6.07) is 6.78. The highest BCUT2D eigenvalue weighted by Gasteiger charge is 2.56. The largest absolute Gasteiger partial charge is 0.374 e. The topological polar surface area (TPSA) is 104 Å². The Bertz CT molecular complexity index is 1270. The Morgan fingerprint density at radius 1 is 1.12 bits per heavy atom. The molecule has 4 heterocycles. The molecule has 11 heteroatoms. The molecule has 3 atom stereocenters. The molecule has 1 saturated carbocycles. The van der Waals surface area contributed by atoms with Crippen molar-refractivity contribution in [1.82, 2.24) is 20.1 Å². The molecular weight excluding hydrogens is 542 g/mol. The second-order valence-electron chi connectivity index (χ2n) is 11.6. The maximum atomic E-state index is 14.2. The van der Waals surface area contributed by atoms with Gasteiger partial charge >= 0.3 is 0 Å². The number of nitrogens with one attached hydrogen (secondary N) is 1. The molecule has 4 aliphatic rings. The summed E-state index contributed by atoms with van der Waals surface area (Å²) in [4.78, 5) is 51.6. The SMILES string of the molecule is CCO[C@H]1CN(C(=O)C2(NC(=O)c3ccc(-c4csc(N5CCN(C)CC5)n4)cc3)CCCCC2)[C@@H]2C(=O)CO[C@@H]12. The summed E-state index contributed by atoms with van der Waals surface area (Å²) in [5.74, 6) is -0.581. The molecule has 1 aliphatic carbocycles. The number of hydrogen-bond donors (Lipinski definition) is 1. The number of rotatable bonds is 7. The van der Waals surface area contributed by atoms with Gasteiger partial charge in [-0.2, -0.15) is 0 Å². The van der Waals surface area contributed by atoms with Gasteiger partial charge in [0.05, 0.1) is 12.2 Å². The first kappa shape index (κ1) is 28.3. The molecular formula is C30H39N5O5S. The van der Waals surface area contributed by atoms with E-state index in [-0.39, 0.29) is 30.3 Å². The van der Waals surface area contributed by atoms with Crippen molar-refractivity contribution in [3.63, 3.8) is 0 Å². The van der Waals surface area contributed by atoms with Crippen LogP contribution in [0.25, 0.3) is 11.3 Å². The van der Waals surface area contributed by atoms with Gasteiger partial charge in [0.1, 0.15) is 30.4 Å². The van der Waals surface area contributed by atoms with Crippen LogP contribution in [0.2, 0.25) is 0 Å². The molecule has 0 unspecified atom stereocenters. The fourth-order valence-electron chi connectivity index (χ4n) is 6.63. The normalized spacial score (nSPS) is 26.3. The van der Waals surface area contributed by atoms with Gasteiger partial charge < -0.3 is 29.5 Å². The number of amides is 2. The minimum absolute atomic E-state index is 0.00967. The Hall–Kier alpha value is -2.86. The predicted octanol–water partition coefficient (Wildman–Crippen LogP) is 2.58. The lowest BCUT2D eigenvalue weighted by atomic mass is 9.80. The highest BCUT2D eigenvalue weighted by Crippen LogP contribution is 2.36. The van der Waals surface area contributed by atoms with E-state index in [0.717, 1.165) is 61.8 Å². The zero-order valence-corrected chi connectivity index (χ0v) is 24.7. The summed E-state index contributed by atoms with van der Waals surface area (Å²) < 4.78 is 11.6. The van der Waals surface area contributed by atoms with Crippen LogP contribution in [0.15, 0.2) is 29.6 Å². The summed E-state index contributed by atoms with van der Waals surface area (Å²) >= 11 is 1.64. The van der Waals surface area contributed by atoms with Crippen LogP contribution in [0.5, 0.6) is 0 Å². The van der Waals surface area contributed by atoms with Gasteiger partial charge in [-0.1, -0.05) is 31.4 Å². The zero-order valence-electron chi connectivity index (χ0n) is 23.8. The van der Waals surface area contributed by atoms with Gasteiger partial charge in [0.25, 0.3) is 5.91 Å². The number of Topliss-reactive ketones (excluding diaryl/α,β-unsaturated/α-hetero) is 1. The number of likely N-dealkylation sites (N-methyl/N-ethyl adjacent to an activating group) is 1. The van der Waals surface area contributed by atoms with Gasteiger partial charge in [-0.05, 0) is 38.9 Å². The van der Waals surface area contributed by atoms with Crippen molar-refractivity contribution in [2.75, 3.05) is 57.9 Å². The van der Waals surface area contributed by atoms with E-state index in [1.807, 2.05) is 19.1 Å². The maximum Gasteiger partial charge on any atom is 0.252 e. The van der Waals surface area contributed by atoms with Crippen molar-refractivity contribution in [2.45, 2.75) is 62.8 Å². The second kappa shape index (κ2) is 11.8. The lowest BCUT2D eigenvalue weighted by Gasteiger charge is -2.40. The van der Waals surface area contributed by atoms with Crippen LogP contribution >= 0.6 is 11.3 Å². The summed E-state index contributed by atoms with van der Waals surface area (Å²) in [5.41, 5.74) is 1.29. The third-order valence-corrected chi connectivity index (χ3v) is 9.86. The highest BCUT2D eigenvalue weighted by atomic mass is 32.1. The number of thiazole rings is 1. The second-order valence-corrected chi connectivity index (χ2v) is 12.5. The lowest BCUT2D eigenvalue weighted by Crippen LogP contribution is -2.62. The molecule has 1 N–H and O–H groups in total. The van der Waals surface area contributed by atoms with Crippen LogP contribution < -0.4 is 10.2 Å². The maximum absolute atomic E-state index is 14.2. The van der Waals surface area contributed by atoms with E-state index in [1.54, 1.807) is 28.4 Å². The van der Waals surface area contributed by atoms with Crippen LogP contribution in [-0.2, 0) is 19.1 Å². The summed E-state index contributed by atoms with van der Waals surface area (Å²) in [6.45, 7) is 6.64. The smallest absolute Gasteiger partial charge is 0.252 e. The number of ketones is 1. The molecule has 41 heavy (non-hydrogen) atoms. The van der Waals surface area contributed by atoms with Crippen LogP contribution in [-0.4, -0.2) is 109 Å². The van der Waals surface area contributed by atoms with E-state index in [1.165, 1.54) is 0 Å². The molecule has 2 aromatic rings. The molecule has 1 aromatic heterocycles. The number of fused-ring (bicyclic) bond motifs is 1. The van der Waals surface area contributed by atoms with Crippen molar-refractivity contribution in [3.05, 3.63) is 35.2 Å². The van der Waals surface area contributed by atoms with Crippen LogP contribution in [0.1, 0.15) is 49.4 Å².